The van der Waals surface area contributed by atoms with Gasteiger partial charge < -0.3 is 5.11 Å². The molecule has 5 heteroatoms. The van der Waals surface area contributed by atoms with Gasteiger partial charge >= 0.3 is 5.97 Å². The minimum Gasteiger partial charge on any atom is -0.476 e. The molecular formula is C18H13N3O2. The smallest absolute Gasteiger partial charge is 0.356 e. The maximum Gasteiger partial charge on any atom is 0.356 e. The van der Waals surface area contributed by atoms with Gasteiger partial charge in [-0.25, -0.2) is 9.48 Å². The number of nitrogens with zero attached hydrogens (tertiary/aromatic N) is 3. The number of hydrogen-bond donors (Lipinski definition) is 1. The van der Waals surface area contributed by atoms with Crippen LogP contribution in [-0.4, -0.2) is 26.6 Å². The van der Waals surface area contributed by atoms with Gasteiger partial charge in [-0.3, -0.25) is 4.99 Å². The fourth-order valence-electron chi connectivity index (χ4n) is 2.79. The first-order valence-electron chi connectivity index (χ1n) is 7.26. The first-order chi connectivity index (χ1) is 11.2. The summed E-state index contributed by atoms with van der Waals surface area (Å²) in [6.45, 7) is 0.388. The van der Waals surface area contributed by atoms with Crippen molar-refractivity contribution >= 4 is 11.7 Å². The van der Waals surface area contributed by atoms with Gasteiger partial charge in [-0.1, -0.05) is 48.5 Å². The second-order valence-electron chi connectivity index (χ2n) is 5.29. The SMILES string of the molecule is O=C(O)c1cc2n(n1)-c1ccccc1C(c1ccccc1)=NC2. The van der Waals surface area contributed by atoms with Gasteiger partial charge in [-0.15, -0.1) is 0 Å². The lowest BCUT2D eigenvalue weighted by atomic mass is 10.0. The molecular weight excluding hydrogens is 290 g/mol. The fraction of sp³-hybridized carbons (Fsp3) is 0.0556. The van der Waals surface area contributed by atoms with Crippen LogP contribution in [0.3, 0.4) is 0 Å². The largest absolute Gasteiger partial charge is 0.476 e. The van der Waals surface area contributed by atoms with Crippen LogP contribution in [0.25, 0.3) is 5.69 Å². The highest BCUT2D eigenvalue weighted by molar-refractivity contribution is 6.15. The van der Waals surface area contributed by atoms with Gasteiger partial charge in [0.1, 0.15) is 0 Å². The molecule has 0 fully saturated rings. The summed E-state index contributed by atoms with van der Waals surface area (Å²) in [4.78, 5) is 15.9. The molecule has 1 aliphatic heterocycles. The van der Waals surface area contributed by atoms with Crippen molar-refractivity contribution in [2.75, 3.05) is 0 Å². The molecule has 23 heavy (non-hydrogen) atoms. The molecule has 3 aromatic rings. The molecule has 5 nitrogen and oxygen atoms in total. The average Bonchev–Trinajstić information content (AvgIpc) is 2.95. The molecule has 2 aromatic carbocycles. The van der Waals surface area contributed by atoms with Crippen molar-refractivity contribution in [3.05, 3.63) is 83.2 Å². The van der Waals surface area contributed by atoms with Crippen molar-refractivity contribution < 1.29 is 9.90 Å². The van der Waals surface area contributed by atoms with Gasteiger partial charge in [-0.05, 0) is 12.1 Å². The van der Waals surface area contributed by atoms with Crippen LogP contribution in [0.5, 0.6) is 0 Å². The third-order valence-electron chi connectivity index (χ3n) is 3.84. The average molecular weight is 303 g/mol. The number of para-hydroxylation sites is 1. The highest BCUT2D eigenvalue weighted by Gasteiger charge is 2.21. The van der Waals surface area contributed by atoms with Gasteiger partial charge in [0.15, 0.2) is 5.69 Å². The molecule has 0 spiro atoms. The Bertz CT molecular complexity index is 926. The highest BCUT2D eigenvalue weighted by Crippen LogP contribution is 2.25. The van der Waals surface area contributed by atoms with Crippen molar-refractivity contribution in [3.63, 3.8) is 0 Å². The van der Waals surface area contributed by atoms with Crippen LogP contribution in [0.2, 0.25) is 0 Å². The van der Waals surface area contributed by atoms with E-state index in [1.807, 2.05) is 54.6 Å². The lowest BCUT2D eigenvalue weighted by Crippen LogP contribution is -2.08. The number of aromatic nitrogens is 2. The number of hydrogen-bond acceptors (Lipinski definition) is 3. The van der Waals surface area contributed by atoms with Crippen molar-refractivity contribution in [1.82, 2.24) is 9.78 Å². The molecule has 0 radical (unpaired) electrons. The van der Waals surface area contributed by atoms with Crippen LogP contribution in [0.1, 0.15) is 27.3 Å². The predicted molar refractivity (Wildman–Crippen MR) is 86.3 cm³/mol. The summed E-state index contributed by atoms with van der Waals surface area (Å²) < 4.78 is 1.68. The van der Waals surface area contributed by atoms with E-state index < -0.39 is 5.97 Å². The fourth-order valence-corrected chi connectivity index (χ4v) is 2.79. The summed E-state index contributed by atoms with van der Waals surface area (Å²) >= 11 is 0. The topological polar surface area (TPSA) is 67.5 Å². The zero-order valence-electron chi connectivity index (χ0n) is 12.2. The van der Waals surface area contributed by atoms with E-state index in [1.165, 1.54) is 0 Å². The molecule has 0 bridgehead atoms. The van der Waals surface area contributed by atoms with E-state index in [0.717, 1.165) is 28.2 Å². The van der Waals surface area contributed by atoms with Gasteiger partial charge in [-0.2, -0.15) is 5.10 Å². The molecule has 0 saturated heterocycles. The monoisotopic (exact) mass is 303 g/mol. The number of aromatic carboxylic acids is 1. The maximum absolute atomic E-state index is 11.2. The van der Waals surface area contributed by atoms with Crippen molar-refractivity contribution in [1.29, 1.82) is 0 Å². The van der Waals surface area contributed by atoms with E-state index in [0.29, 0.717) is 6.54 Å². The van der Waals surface area contributed by atoms with Crippen LogP contribution in [0.4, 0.5) is 0 Å². The number of fused-ring (bicyclic) bond motifs is 3. The second-order valence-corrected chi connectivity index (χ2v) is 5.29. The summed E-state index contributed by atoms with van der Waals surface area (Å²) in [5.41, 5.74) is 4.51. The van der Waals surface area contributed by atoms with Crippen LogP contribution in [0, 0.1) is 0 Å². The number of rotatable bonds is 2. The third-order valence-corrected chi connectivity index (χ3v) is 3.84. The van der Waals surface area contributed by atoms with Gasteiger partial charge in [0.05, 0.1) is 23.6 Å². The number of carboxylic acids is 1. The Morgan fingerprint density at radius 3 is 2.57 bits per heavy atom. The van der Waals surface area contributed by atoms with Crippen LogP contribution < -0.4 is 0 Å². The summed E-state index contributed by atoms with van der Waals surface area (Å²) in [6, 6.07) is 19.3. The Morgan fingerprint density at radius 1 is 1.04 bits per heavy atom. The summed E-state index contributed by atoms with van der Waals surface area (Å²) in [6.07, 6.45) is 0. The standard InChI is InChI=1S/C18H13N3O2/c22-18(23)15-10-13-11-19-17(12-6-2-1-3-7-12)14-8-4-5-9-16(14)21(13)20-15/h1-10H,11H2,(H,22,23). The Morgan fingerprint density at radius 2 is 1.78 bits per heavy atom. The minimum atomic E-state index is -1.03. The molecule has 1 aromatic heterocycles. The van der Waals surface area contributed by atoms with Crippen molar-refractivity contribution in [2.24, 2.45) is 4.99 Å². The van der Waals surface area contributed by atoms with Crippen LogP contribution in [0.15, 0.2) is 65.7 Å². The molecule has 2 heterocycles. The Kier molecular flexibility index (Phi) is 3.05. The van der Waals surface area contributed by atoms with Gasteiger partial charge in [0, 0.05) is 11.1 Å². The first-order valence-corrected chi connectivity index (χ1v) is 7.26. The molecule has 4 rings (SSSR count). The van der Waals surface area contributed by atoms with Crippen molar-refractivity contribution in [3.8, 4) is 5.69 Å². The summed E-state index contributed by atoms with van der Waals surface area (Å²) in [5, 5.41) is 13.4. The van der Waals surface area contributed by atoms with E-state index in [9.17, 15) is 9.90 Å². The van der Waals surface area contributed by atoms with E-state index in [4.69, 9.17) is 4.99 Å². The number of carbonyl (C=O) groups is 1. The zero-order chi connectivity index (χ0) is 15.8. The molecule has 1 aliphatic rings. The lowest BCUT2D eigenvalue weighted by Gasteiger charge is -2.10. The van der Waals surface area contributed by atoms with E-state index in [2.05, 4.69) is 5.10 Å². The van der Waals surface area contributed by atoms with Gasteiger partial charge in [0.2, 0.25) is 0 Å². The molecule has 1 N–H and O–H groups in total. The predicted octanol–water partition coefficient (Wildman–Crippen LogP) is 2.92. The quantitative estimate of drug-likeness (QED) is 0.791. The Hall–Kier alpha value is -3.21. The number of aliphatic imine (C=N–C) groups is 1. The highest BCUT2D eigenvalue weighted by atomic mass is 16.4. The molecule has 0 saturated carbocycles. The number of carboxylic acid groups (broad SMARTS) is 1. The maximum atomic E-state index is 11.2. The zero-order valence-corrected chi connectivity index (χ0v) is 12.2. The van der Waals surface area contributed by atoms with Crippen LogP contribution >= 0.6 is 0 Å². The molecule has 0 amide bonds. The van der Waals surface area contributed by atoms with E-state index in [-0.39, 0.29) is 5.69 Å². The van der Waals surface area contributed by atoms with E-state index >= 15 is 0 Å². The first kappa shape index (κ1) is 13.5. The Balaban J connectivity index is 1.94. The lowest BCUT2D eigenvalue weighted by molar-refractivity contribution is 0.0690. The Labute approximate surface area is 132 Å². The molecule has 112 valence electrons. The van der Waals surface area contributed by atoms with Crippen LogP contribution in [-0.2, 0) is 6.54 Å². The van der Waals surface area contributed by atoms with Crippen molar-refractivity contribution in [2.45, 2.75) is 6.54 Å². The second kappa shape index (κ2) is 5.21. The van der Waals surface area contributed by atoms with E-state index in [1.54, 1.807) is 10.7 Å². The molecule has 0 atom stereocenters. The molecule has 0 unspecified atom stereocenters. The normalized spacial score (nSPS) is 12.8. The summed E-state index contributed by atoms with van der Waals surface area (Å²) in [5.74, 6) is -1.03. The molecule has 0 aliphatic carbocycles. The summed E-state index contributed by atoms with van der Waals surface area (Å²) in [7, 11) is 0. The number of benzene rings is 2. The third kappa shape index (κ3) is 2.23. The van der Waals surface area contributed by atoms with Gasteiger partial charge in [0.25, 0.3) is 0 Å². The minimum absolute atomic E-state index is 0.0353.